The van der Waals surface area contributed by atoms with Gasteiger partial charge in [0.2, 0.25) is 0 Å². The summed E-state index contributed by atoms with van der Waals surface area (Å²) in [4.78, 5) is 9.99. The van der Waals surface area contributed by atoms with Gasteiger partial charge < -0.3 is 14.0 Å². The highest BCUT2D eigenvalue weighted by Crippen LogP contribution is 2.30. The second-order valence-corrected chi connectivity index (χ2v) is 4.81. The van der Waals surface area contributed by atoms with Crippen LogP contribution in [0.15, 0.2) is 47.4 Å². The number of nitrogens with zero attached hydrogens (tertiary/aromatic N) is 1. The first-order chi connectivity index (χ1) is 10.0. The van der Waals surface area contributed by atoms with E-state index in [9.17, 15) is 18.9 Å². The number of methoxy groups -OCH3 is 1. The van der Waals surface area contributed by atoms with Crippen molar-refractivity contribution in [3.63, 3.8) is 0 Å². The van der Waals surface area contributed by atoms with Gasteiger partial charge in [-0.2, -0.15) is 0 Å². The molecular formula is C13H10NO6S-. The number of nitro groups is 1. The summed E-state index contributed by atoms with van der Waals surface area (Å²) in [7, 11) is 1.36. The van der Waals surface area contributed by atoms with Gasteiger partial charge in [-0.1, -0.05) is 0 Å². The maximum absolute atomic E-state index is 11.1. The fourth-order valence-electron chi connectivity index (χ4n) is 1.62. The Morgan fingerprint density at radius 3 is 2.24 bits per heavy atom. The largest absolute Gasteiger partial charge is 0.768 e. The van der Waals surface area contributed by atoms with E-state index in [2.05, 4.69) is 0 Å². The first kappa shape index (κ1) is 14.9. The van der Waals surface area contributed by atoms with Gasteiger partial charge in [0.1, 0.15) is 17.2 Å². The van der Waals surface area contributed by atoms with Crippen LogP contribution in [-0.4, -0.2) is 20.8 Å². The maximum Gasteiger partial charge on any atom is 0.269 e. The molecule has 2 aromatic carbocycles. The van der Waals surface area contributed by atoms with E-state index in [1.165, 1.54) is 49.6 Å². The Balaban J connectivity index is 2.25. The topological polar surface area (TPSA) is 102 Å². The summed E-state index contributed by atoms with van der Waals surface area (Å²) < 4.78 is 32.6. The Hall–Kier alpha value is -2.45. The molecule has 2 rings (SSSR count). The molecule has 0 amide bonds. The second kappa shape index (κ2) is 6.33. The molecule has 0 radical (unpaired) electrons. The first-order valence-electron chi connectivity index (χ1n) is 5.71. The minimum atomic E-state index is -2.46. The summed E-state index contributed by atoms with van der Waals surface area (Å²) in [6.07, 6.45) is 0. The van der Waals surface area contributed by atoms with Crippen molar-refractivity contribution in [2.24, 2.45) is 0 Å². The highest BCUT2D eigenvalue weighted by atomic mass is 32.2. The van der Waals surface area contributed by atoms with Gasteiger partial charge in [0.05, 0.1) is 16.9 Å². The molecule has 0 heterocycles. The van der Waals surface area contributed by atoms with Gasteiger partial charge in [-0.3, -0.25) is 14.3 Å². The predicted octanol–water partition coefficient (Wildman–Crippen LogP) is 2.63. The van der Waals surface area contributed by atoms with Crippen LogP contribution in [0.5, 0.6) is 17.2 Å². The van der Waals surface area contributed by atoms with Crippen molar-refractivity contribution in [3.8, 4) is 17.2 Å². The lowest BCUT2D eigenvalue weighted by Gasteiger charge is -2.13. The van der Waals surface area contributed by atoms with Crippen LogP contribution in [0.25, 0.3) is 0 Å². The second-order valence-electron chi connectivity index (χ2n) is 3.90. The third-order valence-electron chi connectivity index (χ3n) is 2.60. The number of non-ortho nitro benzene ring substituents is 1. The zero-order valence-corrected chi connectivity index (χ0v) is 11.7. The molecule has 0 N–H and O–H groups in total. The van der Waals surface area contributed by atoms with E-state index in [1.807, 2.05) is 0 Å². The summed E-state index contributed by atoms with van der Waals surface area (Å²) in [5, 5.41) is 10.5. The smallest absolute Gasteiger partial charge is 0.269 e. The van der Waals surface area contributed by atoms with Crippen LogP contribution < -0.4 is 9.47 Å². The Labute approximate surface area is 122 Å². The average molecular weight is 308 g/mol. The Morgan fingerprint density at radius 1 is 1.10 bits per heavy atom. The number of benzene rings is 2. The molecule has 110 valence electrons. The minimum Gasteiger partial charge on any atom is -0.768 e. The van der Waals surface area contributed by atoms with Crippen LogP contribution in [0, 0.1) is 10.1 Å². The van der Waals surface area contributed by atoms with E-state index >= 15 is 0 Å². The van der Waals surface area contributed by atoms with Crippen molar-refractivity contribution in [1.29, 1.82) is 0 Å². The van der Waals surface area contributed by atoms with Gasteiger partial charge in [0, 0.05) is 12.1 Å². The molecule has 0 aliphatic rings. The normalized spacial score (nSPS) is 11.7. The van der Waals surface area contributed by atoms with Crippen molar-refractivity contribution in [3.05, 3.63) is 52.6 Å². The van der Waals surface area contributed by atoms with Crippen LogP contribution >= 0.6 is 0 Å². The Morgan fingerprint density at radius 2 is 1.71 bits per heavy atom. The minimum absolute atomic E-state index is 0.0306. The lowest BCUT2D eigenvalue weighted by Crippen LogP contribution is -1.96. The number of hydrogen-bond acceptors (Lipinski definition) is 6. The molecule has 7 nitrogen and oxygen atoms in total. The van der Waals surface area contributed by atoms with Crippen molar-refractivity contribution < 1.29 is 23.2 Å². The van der Waals surface area contributed by atoms with Crippen LogP contribution in [0.3, 0.4) is 0 Å². The molecule has 0 aliphatic heterocycles. The molecule has 8 heteroatoms. The average Bonchev–Trinajstić information content (AvgIpc) is 2.47. The van der Waals surface area contributed by atoms with Crippen molar-refractivity contribution in [2.75, 3.05) is 7.11 Å². The fourth-order valence-corrected chi connectivity index (χ4v) is 2.15. The summed E-state index contributed by atoms with van der Waals surface area (Å²) in [6.45, 7) is 0. The third kappa shape index (κ3) is 3.56. The molecule has 0 aromatic heterocycles. The van der Waals surface area contributed by atoms with Crippen LogP contribution in [0.2, 0.25) is 0 Å². The molecule has 1 unspecified atom stereocenters. The lowest BCUT2D eigenvalue weighted by atomic mass is 10.3. The number of nitro benzene ring substituents is 1. The molecule has 0 spiro atoms. The summed E-state index contributed by atoms with van der Waals surface area (Å²) in [6, 6.07) is 9.76. The molecule has 0 saturated heterocycles. The van der Waals surface area contributed by atoms with Crippen molar-refractivity contribution in [1.82, 2.24) is 0 Å². The van der Waals surface area contributed by atoms with E-state index < -0.39 is 16.0 Å². The summed E-state index contributed by atoms with van der Waals surface area (Å²) in [5.74, 6) is 0.844. The van der Waals surface area contributed by atoms with Gasteiger partial charge in [0.25, 0.3) is 5.69 Å². The van der Waals surface area contributed by atoms with E-state index in [4.69, 9.17) is 9.47 Å². The monoisotopic (exact) mass is 308 g/mol. The standard InChI is InChI=1S/C13H11NO6S/c1-19-12-7-6-11(8-13(12)21(17)18)20-10-4-2-9(3-5-10)14(15)16/h2-8H,1H3,(H,17,18)/p-1. The summed E-state index contributed by atoms with van der Waals surface area (Å²) in [5.41, 5.74) is -0.0570. The van der Waals surface area contributed by atoms with Crippen LogP contribution in [0.1, 0.15) is 0 Å². The van der Waals surface area contributed by atoms with Gasteiger partial charge in [0.15, 0.2) is 0 Å². The highest BCUT2D eigenvalue weighted by Gasteiger charge is 2.08. The van der Waals surface area contributed by atoms with E-state index in [1.54, 1.807) is 0 Å². The molecule has 21 heavy (non-hydrogen) atoms. The summed E-state index contributed by atoms with van der Waals surface area (Å²) >= 11 is -2.46. The zero-order valence-electron chi connectivity index (χ0n) is 10.8. The molecule has 0 saturated carbocycles. The number of hydrogen-bond donors (Lipinski definition) is 0. The molecule has 0 aliphatic carbocycles. The molecule has 2 aromatic rings. The maximum atomic E-state index is 11.1. The van der Waals surface area contributed by atoms with Gasteiger partial charge >= 0.3 is 0 Å². The Kier molecular flexibility index (Phi) is 4.51. The van der Waals surface area contributed by atoms with Gasteiger partial charge in [-0.25, -0.2) is 0 Å². The van der Waals surface area contributed by atoms with E-state index in [0.29, 0.717) is 5.75 Å². The quantitative estimate of drug-likeness (QED) is 0.478. The zero-order chi connectivity index (χ0) is 15.4. The first-order valence-corrected chi connectivity index (χ1v) is 6.78. The molecule has 0 bridgehead atoms. The molecule has 1 atom stereocenters. The van der Waals surface area contributed by atoms with Gasteiger partial charge in [-0.05, 0) is 41.4 Å². The number of rotatable bonds is 5. The Bertz CT molecular complexity index is 686. The van der Waals surface area contributed by atoms with Crippen molar-refractivity contribution >= 4 is 16.8 Å². The highest BCUT2D eigenvalue weighted by molar-refractivity contribution is 7.79. The van der Waals surface area contributed by atoms with E-state index in [-0.39, 0.29) is 22.1 Å². The molecular weight excluding hydrogens is 298 g/mol. The molecule has 0 fully saturated rings. The SMILES string of the molecule is COc1ccc(Oc2ccc([N+](=O)[O-])cc2)cc1S(=O)[O-]. The van der Waals surface area contributed by atoms with Crippen molar-refractivity contribution in [2.45, 2.75) is 4.90 Å². The third-order valence-corrected chi connectivity index (χ3v) is 3.28. The van der Waals surface area contributed by atoms with Crippen LogP contribution in [0.4, 0.5) is 5.69 Å². The van der Waals surface area contributed by atoms with Crippen LogP contribution in [-0.2, 0) is 11.1 Å². The lowest BCUT2D eigenvalue weighted by molar-refractivity contribution is -0.384. The number of ether oxygens (including phenoxy) is 2. The fraction of sp³-hybridized carbons (Fsp3) is 0.0769. The predicted molar refractivity (Wildman–Crippen MR) is 73.4 cm³/mol. The van der Waals surface area contributed by atoms with Gasteiger partial charge in [-0.15, -0.1) is 0 Å². The van der Waals surface area contributed by atoms with E-state index in [0.717, 1.165) is 0 Å².